The minimum Gasteiger partial charge on any atom is -0.478 e. The Hall–Kier alpha value is -3.55. The quantitative estimate of drug-likeness (QED) is 0.669. The highest BCUT2D eigenvalue weighted by Crippen LogP contribution is 2.32. The second-order valence-electron chi connectivity index (χ2n) is 5.93. The van der Waals surface area contributed by atoms with E-state index in [4.69, 9.17) is 9.52 Å². The molecular formula is C20H14F3NO4. The lowest BCUT2D eigenvalue weighted by Crippen LogP contribution is -2.22. The lowest BCUT2D eigenvalue weighted by atomic mass is 10.1. The molecule has 0 fully saturated rings. The van der Waals surface area contributed by atoms with Gasteiger partial charge in [-0.25, -0.2) is 4.79 Å². The number of carbonyl (C=O) groups is 2. The maximum Gasteiger partial charge on any atom is 0.416 e. The van der Waals surface area contributed by atoms with Crippen molar-refractivity contribution in [2.75, 3.05) is 0 Å². The molecule has 0 atom stereocenters. The smallest absolute Gasteiger partial charge is 0.416 e. The Morgan fingerprint density at radius 2 is 1.71 bits per heavy atom. The van der Waals surface area contributed by atoms with E-state index in [-0.39, 0.29) is 29.2 Å². The van der Waals surface area contributed by atoms with E-state index in [1.54, 1.807) is 12.1 Å². The van der Waals surface area contributed by atoms with Gasteiger partial charge in [-0.15, -0.1) is 0 Å². The summed E-state index contributed by atoms with van der Waals surface area (Å²) in [6, 6.07) is 13.4. The molecule has 1 heterocycles. The van der Waals surface area contributed by atoms with E-state index < -0.39 is 23.6 Å². The minimum atomic E-state index is -4.47. The normalized spacial score (nSPS) is 11.2. The SMILES string of the molecule is O=C(O)c1ccc(CNC(=O)c2ccc(-c3cccc(C(F)(F)F)c3)o2)cc1. The van der Waals surface area contributed by atoms with Crippen LogP contribution in [-0.2, 0) is 12.7 Å². The summed E-state index contributed by atoms with van der Waals surface area (Å²) in [4.78, 5) is 23.0. The molecule has 3 rings (SSSR count). The molecule has 2 aromatic carbocycles. The van der Waals surface area contributed by atoms with Gasteiger partial charge in [0.15, 0.2) is 5.76 Å². The zero-order valence-corrected chi connectivity index (χ0v) is 14.3. The fraction of sp³-hybridized carbons (Fsp3) is 0.100. The monoisotopic (exact) mass is 389 g/mol. The Morgan fingerprint density at radius 1 is 1.00 bits per heavy atom. The van der Waals surface area contributed by atoms with Crippen molar-refractivity contribution >= 4 is 11.9 Å². The lowest BCUT2D eigenvalue weighted by molar-refractivity contribution is -0.137. The van der Waals surface area contributed by atoms with E-state index >= 15 is 0 Å². The molecule has 0 saturated carbocycles. The Balaban J connectivity index is 1.68. The molecule has 2 N–H and O–H groups in total. The molecule has 0 aliphatic heterocycles. The van der Waals surface area contributed by atoms with Crippen molar-refractivity contribution < 1.29 is 32.3 Å². The molecule has 0 saturated heterocycles. The minimum absolute atomic E-state index is 0.0467. The van der Waals surface area contributed by atoms with Crippen molar-refractivity contribution in [1.82, 2.24) is 5.32 Å². The van der Waals surface area contributed by atoms with Gasteiger partial charge in [0.05, 0.1) is 11.1 Å². The van der Waals surface area contributed by atoms with Crippen LogP contribution in [0, 0.1) is 0 Å². The number of nitrogens with one attached hydrogen (secondary N) is 1. The standard InChI is InChI=1S/C20H14F3NO4/c21-20(22,23)15-3-1-2-14(10-15)16-8-9-17(28-16)18(25)24-11-12-4-6-13(7-5-12)19(26)27/h1-10H,11H2,(H,24,25)(H,26,27). The third-order valence-corrected chi connectivity index (χ3v) is 3.96. The number of furan rings is 1. The van der Waals surface area contributed by atoms with Crippen molar-refractivity contribution in [1.29, 1.82) is 0 Å². The van der Waals surface area contributed by atoms with Gasteiger partial charge in [-0.3, -0.25) is 4.79 Å². The van der Waals surface area contributed by atoms with Crippen molar-refractivity contribution in [3.8, 4) is 11.3 Å². The van der Waals surface area contributed by atoms with E-state index in [0.717, 1.165) is 12.1 Å². The van der Waals surface area contributed by atoms with Crippen LogP contribution >= 0.6 is 0 Å². The van der Waals surface area contributed by atoms with E-state index in [2.05, 4.69) is 5.32 Å². The summed E-state index contributed by atoms with van der Waals surface area (Å²) in [7, 11) is 0. The average Bonchev–Trinajstić information content (AvgIpc) is 3.16. The van der Waals surface area contributed by atoms with Crippen molar-refractivity contribution in [2.45, 2.75) is 12.7 Å². The van der Waals surface area contributed by atoms with Crippen LogP contribution in [0.3, 0.4) is 0 Å². The van der Waals surface area contributed by atoms with E-state index in [1.165, 1.54) is 36.4 Å². The van der Waals surface area contributed by atoms with Crippen molar-refractivity contribution in [3.63, 3.8) is 0 Å². The Bertz CT molecular complexity index is 1010. The molecule has 0 bridgehead atoms. The molecule has 0 radical (unpaired) electrons. The number of alkyl halides is 3. The highest BCUT2D eigenvalue weighted by atomic mass is 19.4. The maximum atomic E-state index is 12.8. The van der Waals surface area contributed by atoms with Gasteiger partial charge in [0.2, 0.25) is 0 Å². The van der Waals surface area contributed by atoms with Crippen LogP contribution in [0.25, 0.3) is 11.3 Å². The molecule has 0 unspecified atom stereocenters. The molecule has 5 nitrogen and oxygen atoms in total. The van der Waals surface area contributed by atoms with Crippen molar-refractivity contribution in [3.05, 3.63) is 83.1 Å². The lowest BCUT2D eigenvalue weighted by Gasteiger charge is -2.07. The molecule has 0 aliphatic rings. The van der Waals surface area contributed by atoms with Gasteiger partial charge in [0.25, 0.3) is 5.91 Å². The topological polar surface area (TPSA) is 79.5 Å². The zero-order chi connectivity index (χ0) is 20.3. The fourth-order valence-corrected chi connectivity index (χ4v) is 2.50. The third-order valence-electron chi connectivity index (χ3n) is 3.96. The third kappa shape index (κ3) is 4.40. The Morgan fingerprint density at radius 3 is 2.36 bits per heavy atom. The van der Waals surface area contributed by atoms with Gasteiger partial charge in [0, 0.05) is 12.1 Å². The number of amides is 1. The molecule has 1 amide bonds. The second-order valence-corrected chi connectivity index (χ2v) is 5.93. The Labute approximate surface area is 157 Å². The van der Waals surface area contributed by atoms with Gasteiger partial charge in [0.1, 0.15) is 5.76 Å². The van der Waals surface area contributed by atoms with Gasteiger partial charge < -0.3 is 14.8 Å². The number of carbonyl (C=O) groups excluding carboxylic acids is 1. The van der Waals surface area contributed by atoms with Crippen LogP contribution < -0.4 is 5.32 Å². The maximum absolute atomic E-state index is 12.8. The van der Waals surface area contributed by atoms with Crippen LogP contribution in [0.2, 0.25) is 0 Å². The second kappa shape index (κ2) is 7.59. The number of aromatic carboxylic acids is 1. The number of halogens is 3. The number of hydrogen-bond donors (Lipinski definition) is 2. The molecular weight excluding hydrogens is 375 g/mol. The van der Waals surface area contributed by atoms with Crippen LogP contribution in [0.15, 0.2) is 65.1 Å². The summed E-state index contributed by atoms with van der Waals surface area (Å²) in [6.07, 6.45) is -4.47. The first-order chi connectivity index (χ1) is 13.2. The van der Waals surface area contributed by atoms with E-state index in [0.29, 0.717) is 5.56 Å². The predicted molar refractivity (Wildman–Crippen MR) is 93.7 cm³/mol. The van der Waals surface area contributed by atoms with E-state index in [9.17, 15) is 22.8 Å². The highest BCUT2D eigenvalue weighted by Gasteiger charge is 2.30. The first-order valence-electron chi connectivity index (χ1n) is 8.12. The largest absolute Gasteiger partial charge is 0.478 e. The number of hydrogen-bond acceptors (Lipinski definition) is 3. The van der Waals surface area contributed by atoms with Crippen LogP contribution in [0.1, 0.15) is 32.0 Å². The van der Waals surface area contributed by atoms with Gasteiger partial charge >= 0.3 is 12.1 Å². The summed E-state index contributed by atoms with van der Waals surface area (Å²) >= 11 is 0. The molecule has 144 valence electrons. The molecule has 1 aromatic heterocycles. The average molecular weight is 389 g/mol. The number of rotatable bonds is 5. The summed E-state index contributed by atoms with van der Waals surface area (Å²) in [5.41, 5.74) is 0.213. The number of carboxylic acid groups (broad SMARTS) is 1. The zero-order valence-electron chi connectivity index (χ0n) is 14.3. The first kappa shape index (κ1) is 19.2. The summed E-state index contributed by atoms with van der Waals surface area (Å²) < 4.78 is 43.8. The number of benzene rings is 2. The van der Waals surface area contributed by atoms with Gasteiger partial charge in [-0.05, 0) is 42.0 Å². The summed E-state index contributed by atoms with van der Waals surface area (Å²) in [5.74, 6) is -1.49. The molecule has 28 heavy (non-hydrogen) atoms. The fourth-order valence-electron chi connectivity index (χ4n) is 2.50. The highest BCUT2D eigenvalue weighted by molar-refractivity contribution is 5.92. The van der Waals surface area contributed by atoms with Crippen LogP contribution in [0.5, 0.6) is 0 Å². The molecule has 3 aromatic rings. The van der Waals surface area contributed by atoms with Gasteiger partial charge in [-0.2, -0.15) is 13.2 Å². The summed E-state index contributed by atoms with van der Waals surface area (Å²) in [5, 5.41) is 11.5. The first-order valence-corrected chi connectivity index (χ1v) is 8.12. The number of carboxylic acids is 1. The predicted octanol–water partition coefficient (Wildman–Crippen LogP) is 4.59. The van der Waals surface area contributed by atoms with Crippen molar-refractivity contribution in [2.24, 2.45) is 0 Å². The molecule has 0 spiro atoms. The van der Waals surface area contributed by atoms with Gasteiger partial charge in [-0.1, -0.05) is 24.3 Å². The summed E-state index contributed by atoms with van der Waals surface area (Å²) in [6.45, 7) is 0.137. The van der Waals surface area contributed by atoms with Crippen LogP contribution in [-0.4, -0.2) is 17.0 Å². The Kier molecular flexibility index (Phi) is 5.21. The van der Waals surface area contributed by atoms with E-state index in [1.807, 2.05) is 0 Å². The molecule has 0 aliphatic carbocycles. The van der Waals surface area contributed by atoms with Crippen LogP contribution in [0.4, 0.5) is 13.2 Å². The molecule has 8 heteroatoms.